The summed E-state index contributed by atoms with van der Waals surface area (Å²) < 4.78 is 34.9. The van der Waals surface area contributed by atoms with Crippen molar-refractivity contribution in [3.8, 4) is 17.1 Å². The van der Waals surface area contributed by atoms with Crippen molar-refractivity contribution in [3.63, 3.8) is 0 Å². The number of rotatable bonds is 9. The molecule has 8 heteroatoms. The predicted octanol–water partition coefficient (Wildman–Crippen LogP) is 5.91. The highest BCUT2D eigenvalue weighted by Crippen LogP contribution is 2.29. The summed E-state index contributed by atoms with van der Waals surface area (Å²) in [5.41, 5.74) is 1.83. The highest BCUT2D eigenvalue weighted by Gasteiger charge is 2.21. The van der Waals surface area contributed by atoms with E-state index >= 15 is 0 Å². The standard InChI is InChI=1S/C26H33F2N5O/c1-4-18-14-30-26(31-15-18)33-9-7-19(8-10-33)6-5-11-34-20-12-21(27)24(22(28)13-20)25-29-16-23(32-25)17(2)3/h12-17,19H,4-11H2,1-3H3,(H,29,32). The maximum Gasteiger partial charge on any atom is 0.225 e. The molecule has 0 aliphatic carbocycles. The lowest BCUT2D eigenvalue weighted by molar-refractivity contribution is 0.277. The number of halogens is 2. The first kappa shape index (κ1) is 24.1. The molecule has 6 nitrogen and oxygen atoms in total. The van der Waals surface area contributed by atoms with Crippen LogP contribution < -0.4 is 9.64 Å². The number of ether oxygens (including phenoxy) is 1. The molecule has 0 spiro atoms. The van der Waals surface area contributed by atoms with Crippen LogP contribution >= 0.6 is 0 Å². The first-order valence-corrected chi connectivity index (χ1v) is 12.2. The second-order valence-corrected chi connectivity index (χ2v) is 9.27. The largest absolute Gasteiger partial charge is 0.493 e. The first-order chi connectivity index (χ1) is 16.4. The van der Waals surface area contributed by atoms with Gasteiger partial charge in [-0.25, -0.2) is 23.7 Å². The molecule has 34 heavy (non-hydrogen) atoms. The van der Waals surface area contributed by atoms with E-state index in [-0.39, 0.29) is 23.1 Å². The number of piperidine rings is 1. The molecule has 2 aromatic heterocycles. The number of aryl methyl sites for hydroxylation is 1. The smallest absolute Gasteiger partial charge is 0.225 e. The van der Waals surface area contributed by atoms with Crippen molar-refractivity contribution < 1.29 is 13.5 Å². The Morgan fingerprint density at radius 2 is 1.74 bits per heavy atom. The van der Waals surface area contributed by atoms with Gasteiger partial charge in [-0.1, -0.05) is 20.8 Å². The minimum atomic E-state index is -0.679. The van der Waals surface area contributed by atoms with E-state index in [0.717, 1.165) is 62.4 Å². The normalized spacial score (nSPS) is 14.7. The number of aromatic nitrogens is 4. The Morgan fingerprint density at radius 1 is 1.06 bits per heavy atom. The van der Waals surface area contributed by atoms with Crippen LogP contribution in [-0.2, 0) is 6.42 Å². The molecule has 1 aromatic carbocycles. The monoisotopic (exact) mass is 469 g/mol. The molecule has 1 aliphatic rings. The van der Waals surface area contributed by atoms with Gasteiger partial charge in [0.25, 0.3) is 0 Å². The van der Waals surface area contributed by atoms with Crippen molar-refractivity contribution in [2.24, 2.45) is 5.92 Å². The summed E-state index contributed by atoms with van der Waals surface area (Å²) in [6.45, 7) is 8.39. The van der Waals surface area contributed by atoms with Gasteiger partial charge in [-0.3, -0.25) is 0 Å². The van der Waals surface area contributed by atoms with Crippen molar-refractivity contribution in [3.05, 3.63) is 53.6 Å². The zero-order valence-corrected chi connectivity index (χ0v) is 20.2. The zero-order valence-electron chi connectivity index (χ0n) is 20.2. The van der Waals surface area contributed by atoms with Gasteiger partial charge in [-0.15, -0.1) is 0 Å². The molecule has 1 N–H and O–H groups in total. The maximum atomic E-state index is 14.6. The molecule has 3 heterocycles. The van der Waals surface area contributed by atoms with Gasteiger partial charge in [0.15, 0.2) is 0 Å². The Balaban J connectivity index is 1.23. The van der Waals surface area contributed by atoms with Crippen molar-refractivity contribution >= 4 is 5.95 Å². The maximum absolute atomic E-state index is 14.6. The van der Waals surface area contributed by atoms with Crippen LogP contribution in [0.1, 0.15) is 63.6 Å². The highest BCUT2D eigenvalue weighted by molar-refractivity contribution is 5.59. The molecule has 182 valence electrons. The molecule has 0 bridgehead atoms. The number of H-pyrrole nitrogens is 1. The zero-order chi connectivity index (χ0) is 24.1. The van der Waals surface area contributed by atoms with Gasteiger partial charge in [0.2, 0.25) is 5.95 Å². The molecule has 3 aromatic rings. The van der Waals surface area contributed by atoms with Crippen LogP contribution in [0.25, 0.3) is 11.4 Å². The van der Waals surface area contributed by atoms with Gasteiger partial charge in [0.05, 0.1) is 12.2 Å². The Morgan fingerprint density at radius 3 is 2.32 bits per heavy atom. The van der Waals surface area contributed by atoms with E-state index in [2.05, 4.69) is 31.8 Å². The van der Waals surface area contributed by atoms with E-state index in [1.807, 2.05) is 26.2 Å². The van der Waals surface area contributed by atoms with Gasteiger partial charge in [0.1, 0.15) is 23.2 Å². The lowest BCUT2D eigenvalue weighted by atomic mass is 9.92. The number of imidazole rings is 1. The fourth-order valence-electron chi connectivity index (χ4n) is 4.29. The summed E-state index contributed by atoms with van der Waals surface area (Å²) in [6, 6.07) is 2.47. The van der Waals surface area contributed by atoms with Crippen LogP contribution in [0.2, 0.25) is 0 Å². The van der Waals surface area contributed by atoms with Gasteiger partial charge in [0, 0.05) is 49.5 Å². The van der Waals surface area contributed by atoms with Crippen molar-refractivity contribution in [2.75, 3.05) is 24.6 Å². The molecule has 0 amide bonds. The van der Waals surface area contributed by atoms with Crippen molar-refractivity contribution in [2.45, 2.75) is 58.8 Å². The fourth-order valence-corrected chi connectivity index (χ4v) is 4.29. The molecule has 0 unspecified atom stereocenters. The topological polar surface area (TPSA) is 66.9 Å². The van der Waals surface area contributed by atoms with Gasteiger partial charge in [-0.05, 0) is 49.5 Å². The number of aromatic amines is 1. The summed E-state index contributed by atoms with van der Waals surface area (Å²) in [5, 5.41) is 0. The minimum Gasteiger partial charge on any atom is -0.493 e. The van der Waals surface area contributed by atoms with Crippen LogP contribution in [0.5, 0.6) is 5.75 Å². The highest BCUT2D eigenvalue weighted by atomic mass is 19.1. The molecule has 0 saturated carbocycles. The van der Waals surface area contributed by atoms with Gasteiger partial charge in [-0.2, -0.15) is 0 Å². The van der Waals surface area contributed by atoms with E-state index in [1.165, 1.54) is 12.1 Å². The van der Waals surface area contributed by atoms with Crippen LogP contribution in [0, 0.1) is 17.6 Å². The summed E-state index contributed by atoms with van der Waals surface area (Å²) >= 11 is 0. The van der Waals surface area contributed by atoms with Crippen molar-refractivity contribution in [1.82, 2.24) is 19.9 Å². The molecule has 1 saturated heterocycles. The fraction of sp³-hybridized carbons (Fsp3) is 0.500. The Bertz CT molecular complexity index is 1050. The van der Waals surface area contributed by atoms with Crippen molar-refractivity contribution in [1.29, 1.82) is 0 Å². The Kier molecular flexibility index (Phi) is 7.75. The number of nitrogens with zero attached hydrogens (tertiary/aromatic N) is 4. The van der Waals surface area contributed by atoms with Crippen LogP contribution in [0.4, 0.5) is 14.7 Å². The van der Waals surface area contributed by atoms with Gasteiger partial charge >= 0.3 is 0 Å². The average Bonchev–Trinajstić information content (AvgIpc) is 3.32. The van der Waals surface area contributed by atoms with E-state index in [9.17, 15) is 8.78 Å². The van der Waals surface area contributed by atoms with E-state index in [0.29, 0.717) is 12.5 Å². The molecule has 1 aliphatic heterocycles. The quantitative estimate of drug-likeness (QED) is 0.395. The second-order valence-electron chi connectivity index (χ2n) is 9.27. The summed E-state index contributed by atoms with van der Waals surface area (Å²) in [4.78, 5) is 18.3. The molecule has 4 rings (SSSR count). The Labute approximate surface area is 199 Å². The predicted molar refractivity (Wildman–Crippen MR) is 129 cm³/mol. The number of anilines is 1. The SMILES string of the molecule is CCc1cnc(N2CCC(CCCOc3cc(F)c(-c4ncc(C(C)C)[nH]4)c(F)c3)CC2)nc1. The molecule has 0 radical (unpaired) electrons. The Hall–Kier alpha value is -3.03. The van der Waals surface area contributed by atoms with Crippen LogP contribution in [0.15, 0.2) is 30.7 Å². The lowest BCUT2D eigenvalue weighted by Gasteiger charge is -2.32. The van der Waals surface area contributed by atoms with Crippen LogP contribution in [-0.4, -0.2) is 39.6 Å². The number of hydrogen-bond donors (Lipinski definition) is 1. The third-order valence-electron chi connectivity index (χ3n) is 6.49. The average molecular weight is 470 g/mol. The summed E-state index contributed by atoms with van der Waals surface area (Å²) in [5.74, 6) is 0.659. The number of benzene rings is 1. The molecule has 0 atom stereocenters. The third-order valence-corrected chi connectivity index (χ3v) is 6.49. The lowest BCUT2D eigenvalue weighted by Crippen LogP contribution is -2.35. The third kappa shape index (κ3) is 5.72. The first-order valence-electron chi connectivity index (χ1n) is 12.2. The van der Waals surface area contributed by atoms with Gasteiger partial charge < -0.3 is 14.6 Å². The minimum absolute atomic E-state index is 0.153. The van der Waals surface area contributed by atoms with Crippen LogP contribution in [0.3, 0.4) is 0 Å². The summed E-state index contributed by atoms with van der Waals surface area (Å²) in [7, 11) is 0. The van der Waals surface area contributed by atoms with E-state index in [1.54, 1.807) is 6.20 Å². The summed E-state index contributed by atoms with van der Waals surface area (Å²) in [6.07, 6.45) is 10.4. The van der Waals surface area contributed by atoms with E-state index in [4.69, 9.17) is 4.74 Å². The number of hydrogen-bond acceptors (Lipinski definition) is 5. The molecular formula is C26H33F2N5O. The molecule has 1 fully saturated rings. The second kappa shape index (κ2) is 10.9. The number of nitrogens with one attached hydrogen (secondary N) is 1. The molecular weight excluding hydrogens is 436 g/mol. The van der Waals surface area contributed by atoms with E-state index < -0.39 is 11.6 Å².